The average Bonchev–Trinajstić information content (AvgIpc) is 3.14. The summed E-state index contributed by atoms with van der Waals surface area (Å²) in [6.07, 6.45) is 0.993. The Morgan fingerprint density at radius 1 is 1.50 bits per heavy atom. The first kappa shape index (κ1) is 17.2. The molecule has 1 aliphatic heterocycles. The third-order valence-corrected chi connectivity index (χ3v) is 3.73. The highest BCUT2D eigenvalue weighted by Crippen LogP contribution is 2.37. The summed E-state index contributed by atoms with van der Waals surface area (Å²) in [6.45, 7) is 1.08. The number of pyridine rings is 1. The highest BCUT2D eigenvalue weighted by atomic mass is 19.1. The van der Waals surface area contributed by atoms with Crippen LogP contribution in [0.15, 0.2) is 29.4 Å². The molecule has 0 atom stereocenters. The Morgan fingerprint density at radius 3 is 2.96 bits per heavy atom. The fraction of sp³-hybridized carbons (Fsp3) is 0.176. The Hall–Kier alpha value is -3.67. The molecule has 0 spiro atoms. The zero-order chi connectivity index (χ0) is 18.7. The first-order chi connectivity index (χ1) is 12.5. The van der Waals surface area contributed by atoms with Crippen molar-refractivity contribution in [1.29, 1.82) is 5.26 Å². The number of nitriles is 1. The summed E-state index contributed by atoms with van der Waals surface area (Å²) in [5, 5.41) is 25.0. The molecule has 3 rings (SSSR count). The third kappa shape index (κ3) is 3.12. The first-order valence-electron chi connectivity index (χ1n) is 7.60. The van der Waals surface area contributed by atoms with Crippen molar-refractivity contribution in [3.8, 4) is 28.7 Å². The standard InChI is InChI=1S/C17H14FN5O3/c1-26-13-3-2-9(18)6-10(13)14-11(7-19)22-8-12(24)15(14)16(25)23-17-20-4-5-21-17/h2-3,6,8,24H,4-5H2,1H3,(H2,20,21,23,25). The van der Waals surface area contributed by atoms with E-state index in [4.69, 9.17) is 4.74 Å². The second kappa shape index (κ2) is 7.06. The van der Waals surface area contributed by atoms with Gasteiger partial charge in [-0.1, -0.05) is 0 Å². The van der Waals surface area contributed by atoms with Crippen molar-refractivity contribution in [3.63, 3.8) is 0 Å². The highest BCUT2D eigenvalue weighted by molar-refractivity contribution is 6.11. The predicted molar refractivity (Wildman–Crippen MR) is 90.3 cm³/mol. The molecule has 1 aromatic heterocycles. The summed E-state index contributed by atoms with van der Waals surface area (Å²) >= 11 is 0. The molecule has 8 nitrogen and oxygen atoms in total. The van der Waals surface area contributed by atoms with Gasteiger partial charge < -0.3 is 15.2 Å². The third-order valence-electron chi connectivity index (χ3n) is 3.73. The van der Waals surface area contributed by atoms with E-state index in [1.54, 1.807) is 0 Å². The zero-order valence-corrected chi connectivity index (χ0v) is 13.7. The van der Waals surface area contributed by atoms with Crippen LogP contribution in [-0.4, -0.2) is 42.2 Å². The number of benzene rings is 1. The second-order valence-electron chi connectivity index (χ2n) is 5.31. The second-order valence-corrected chi connectivity index (χ2v) is 5.31. The number of amides is 1. The maximum Gasteiger partial charge on any atom is 0.262 e. The minimum Gasteiger partial charge on any atom is -0.505 e. The largest absolute Gasteiger partial charge is 0.505 e. The van der Waals surface area contributed by atoms with Crippen molar-refractivity contribution < 1.29 is 19.0 Å². The van der Waals surface area contributed by atoms with E-state index in [1.807, 2.05) is 6.07 Å². The van der Waals surface area contributed by atoms with E-state index in [0.29, 0.717) is 13.1 Å². The Kier molecular flexibility index (Phi) is 4.66. The van der Waals surface area contributed by atoms with Crippen LogP contribution in [0.25, 0.3) is 11.1 Å². The molecular weight excluding hydrogens is 341 g/mol. The Bertz CT molecular complexity index is 952. The normalized spacial score (nSPS) is 12.7. The number of hydrogen-bond donors (Lipinski definition) is 3. The molecular formula is C17H14FN5O3. The van der Waals surface area contributed by atoms with E-state index < -0.39 is 17.5 Å². The summed E-state index contributed by atoms with van der Waals surface area (Å²) in [7, 11) is 1.37. The van der Waals surface area contributed by atoms with Crippen LogP contribution < -0.4 is 15.4 Å². The fourth-order valence-corrected chi connectivity index (χ4v) is 2.61. The molecule has 1 amide bonds. The summed E-state index contributed by atoms with van der Waals surface area (Å²) < 4.78 is 19.0. The molecule has 3 N–H and O–H groups in total. The number of rotatable bonds is 3. The highest BCUT2D eigenvalue weighted by Gasteiger charge is 2.26. The number of aromatic nitrogens is 1. The van der Waals surface area contributed by atoms with Gasteiger partial charge in [-0.15, -0.1) is 0 Å². The van der Waals surface area contributed by atoms with Gasteiger partial charge in [0.1, 0.15) is 29.1 Å². The van der Waals surface area contributed by atoms with Crippen molar-refractivity contribution in [3.05, 3.63) is 41.5 Å². The SMILES string of the molecule is COc1ccc(F)cc1-c1c(C#N)ncc(O)c1C(=O)NC1=NCCN1. The Balaban J connectivity index is 2.21. The molecule has 2 heterocycles. The van der Waals surface area contributed by atoms with Crippen LogP contribution in [0.5, 0.6) is 11.5 Å². The maximum absolute atomic E-state index is 13.8. The van der Waals surface area contributed by atoms with Crippen molar-refractivity contribution in [2.75, 3.05) is 20.2 Å². The zero-order valence-electron chi connectivity index (χ0n) is 13.7. The van der Waals surface area contributed by atoms with Gasteiger partial charge in [0.25, 0.3) is 5.91 Å². The molecule has 0 saturated heterocycles. The number of aromatic hydroxyl groups is 1. The quantitative estimate of drug-likeness (QED) is 0.760. The van der Waals surface area contributed by atoms with Gasteiger partial charge in [-0.25, -0.2) is 9.37 Å². The van der Waals surface area contributed by atoms with Crippen LogP contribution in [-0.2, 0) is 0 Å². The van der Waals surface area contributed by atoms with Crippen molar-refractivity contribution in [2.45, 2.75) is 0 Å². The topological polar surface area (TPSA) is 120 Å². The lowest BCUT2D eigenvalue weighted by Gasteiger charge is -2.15. The van der Waals surface area contributed by atoms with Gasteiger partial charge in [0.2, 0.25) is 0 Å². The molecule has 132 valence electrons. The van der Waals surface area contributed by atoms with Gasteiger partial charge in [0, 0.05) is 17.7 Å². The molecule has 0 unspecified atom stereocenters. The monoisotopic (exact) mass is 355 g/mol. The van der Waals surface area contributed by atoms with E-state index in [2.05, 4.69) is 20.6 Å². The number of guanidine groups is 1. The number of ether oxygens (including phenoxy) is 1. The van der Waals surface area contributed by atoms with E-state index in [0.717, 1.165) is 12.3 Å². The van der Waals surface area contributed by atoms with Crippen molar-refractivity contribution >= 4 is 11.9 Å². The molecule has 1 aromatic carbocycles. The molecule has 26 heavy (non-hydrogen) atoms. The number of halogens is 1. The van der Waals surface area contributed by atoms with Crippen LogP contribution in [0.2, 0.25) is 0 Å². The molecule has 1 aliphatic rings. The lowest BCUT2D eigenvalue weighted by Crippen LogP contribution is -2.38. The molecule has 2 aromatic rings. The molecule has 9 heteroatoms. The number of methoxy groups -OCH3 is 1. The molecule has 0 fully saturated rings. The number of hydrogen-bond acceptors (Lipinski definition) is 7. The lowest BCUT2D eigenvalue weighted by molar-refractivity contribution is 0.0974. The van der Waals surface area contributed by atoms with Crippen LogP contribution in [0.4, 0.5) is 4.39 Å². The smallest absolute Gasteiger partial charge is 0.262 e. The molecule has 0 radical (unpaired) electrons. The van der Waals surface area contributed by atoms with Gasteiger partial charge in [0.15, 0.2) is 5.96 Å². The maximum atomic E-state index is 13.8. The minimum absolute atomic E-state index is 0.0278. The fourth-order valence-electron chi connectivity index (χ4n) is 2.61. The lowest BCUT2D eigenvalue weighted by atomic mass is 9.96. The van der Waals surface area contributed by atoms with Crippen LogP contribution >= 0.6 is 0 Å². The number of carbonyl (C=O) groups excluding carboxylic acids is 1. The van der Waals surface area contributed by atoms with Crippen LogP contribution in [0, 0.1) is 17.1 Å². The van der Waals surface area contributed by atoms with Gasteiger partial charge in [-0.2, -0.15) is 5.26 Å². The van der Waals surface area contributed by atoms with E-state index >= 15 is 0 Å². The molecule has 0 aliphatic carbocycles. The van der Waals surface area contributed by atoms with Gasteiger partial charge in [-0.05, 0) is 18.2 Å². The van der Waals surface area contributed by atoms with E-state index in [1.165, 1.54) is 19.2 Å². The minimum atomic E-state index is -0.712. The Labute approximate surface area is 148 Å². The number of nitrogens with zero attached hydrogens (tertiary/aromatic N) is 3. The number of aliphatic imine (C=N–C) groups is 1. The molecule has 0 bridgehead atoms. The summed E-state index contributed by atoms with van der Waals surface area (Å²) in [6, 6.07) is 5.51. The Morgan fingerprint density at radius 2 is 2.31 bits per heavy atom. The van der Waals surface area contributed by atoms with Gasteiger partial charge in [-0.3, -0.25) is 15.1 Å². The van der Waals surface area contributed by atoms with E-state index in [-0.39, 0.29) is 34.1 Å². The summed E-state index contributed by atoms with van der Waals surface area (Å²) in [5.74, 6) is -1.29. The summed E-state index contributed by atoms with van der Waals surface area (Å²) in [4.78, 5) is 20.6. The number of carbonyl (C=O) groups is 1. The van der Waals surface area contributed by atoms with Gasteiger partial charge >= 0.3 is 0 Å². The summed E-state index contributed by atoms with van der Waals surface area (Å²) in [5.41, 5.74) is -0.283. The first-order valence-corrected chi connectivity index (χ1v) is 7.60. The molecule has 0 saturated carbocycles. The predicted octanol–water partition coefficient (Wildman–Crippen LogP) is 1.16. The average molecular weight is 355 g/mol. The van der Waals surface area contributed by atoms with Crippen LogP contribution in [0.1, 0.15) is 16.1 Å². The van der Waals surface area contributed by atoms with Gasteiger partial charge in [0.05, 0.1) is 25.4 Å². The van der Waals surface area contributed by atoms with Crippen LogP contribution in [0.3, 0.4) is 0 Å². The van der Waals surface area contributed by atoms with Crippen molar-refractivity contribution in [1.82, 2.24) is 15.6 Å². The van der Waals surface area contributed by atoms with Crippen molar-refractivity contribution in [2.24, 2.45) is 4.99 Å². The number of nitrogens with one attached hydrogen (secondary N) is 2. The van der Waals surface area contributed by atoms with E-state index in [9.17, 15) is 19.6 Å².